The fraction of sp³-hybridized carbons (Fsp3) is 0.417. The van der Waals surface area contributed by atoms with E-state index in [4.69, 9.17) is 9.47 Å². The summed E-state index contributed by atoms with van der Waals surface area (Å²) in [5.41, 5.74) is 0.449. The van der Waals surface area contributed by atoms with Crippen molar-refractivity contribution in [2.45, 2.75) is 33.2 Å². The van der Waals surface area contributed by atoms with E-state index in [1.165, 1.54) is 25.3 Å². The number of aromatic nitrogens is 1. The van der Waals surface area contributed by atoms with Crippen molar-refractivity contribution in [3.63, 3.8) is 0 Å². The number of hydrogen-bond donors (Lipinski definition) is 1. The number of pyridine rings is 1. The highest BCUT2D eigenvalue weighted by atomic mass is 32.2. The van der Waals surface area contributed by atoms with Gasteiger partial charge in [-0.15, -0.1) is 0 Å². The molecule has 11 heteroatoms. The largest absolute Gasteiger partial charge is 0.491 e. The topological polar surface area (TPSA) is 132 Å². The quantitative estimate of drug-likeness (QED) is 0.490. The minimum absolute atomic E-state index is 0.0200. The lowest BCUT2D eigenvalue weighted by Crippen LogP contribution is -2.38. The van der Waals surface area contributed by atoms with Crippen molar-refractivity contribution in [3.05, 3.63) is 47.2 Å². The van der Waals surface area contributed by atoms with Crippen molar-refractivity contribution in [2.75, 3.05) is 31.0 Å². The molecule has 0 unspecified atom stereocenters. The monoisotopic (exact) mass is 503 g/mol. The Morgan fingerprint density at radius 3 is 2.46 bits per heavy atom. The van der Waals surface area contributed by atoms with E-state index < -0.39 is 33.4 Å². The Kier molecular flexibility index (Phi) is 7.79. The Morgan fingerprint density at radius 1 is 1.14 bits per heavy atom. The maximum Gasteiger partial charge on any atom is 0.264 e. The maximum absolute atomic E-state index is 13.5. The van der Waals surface area contributed by atoms with Crippen LogP contribution in [0.4, 0.5) is 5.69 Å². The van der Waals surface area contributed by atoms with Gasteiger partial charge in [0.1, 0.15) is 9.84 Å². The highest BCUT2D eigenvalue weighted by Gasteiger charge is 2.44. The molecule has 0 saturated carbocycles. The molecule has 1 N–H and O–H groups in total. The van der Waals surface area contributed by atoms with E-state index in [2.05, 4.69) is 10.3 Å². The first-order chi connectivity index (χ1) is 16.5. The molecule has 2 aromatic rings. The maximum atomic E-state index is 13.5. The highest BCUT2D eigenvalue weighted by molar-refractivity contribution is 7.90. The molecule has 0 aliphatic carbocycles. The van der Waals surface area contributed by atoms with Gasteiger partial charge in [-0.2, -0.15) is 0 Å². The van der Waals surface area contributed by atoms with Gasteiger partial charge in [-0.1, -0.05) is 19.9 Å². The normalized spacial score (nSPS) is 14.2. The first-order valence-electron chi connectivity index (χ1n) is 11.1. The number of amides is 3. The van der Waals surface area contributed by atoms with E-state index >= 15 is 0 Å². The average molecular weight is 504 g/mol. The number of carbonyl (C=O) groups excluding carboxylic acids is 3. The zero-order valence-electron chi connectivity index (χ0n) is 20.3. The van der Waals surface area contributed by atoms with Gasteiger partial charge in [-0.3, -0.25) is 19.3 Å². The Morgan fingerprint density at radius 2 is 1.86 bits per heavy atom. The zero-order valence-corrected chi connectivity index (χ0v) is 21.1. The predicted octanol–water partition coefficient (Wildman–Crippen LogP) is 2.86. The molecule has 0 radical (unpaired) electrons. The molecule has 1 aliphatic rings. The van der Waals surface area contributed by atoms with E-state index in [-0.39, 0.29) is 53.2 Å². The van der Waals surface area contributed by atoms with Gasteiger partial charge in [0.25, 0.3) is 17.7 Å². The summed E-state index contributed by atoms with van der Waals surface area (Å²) in [6.45, 7) is 5.80. The van der Waals surface area contributed by atoms with Crippen LogP contribution < -0.4 is 14.8 Å². The molecule has 1 aromatic carbocycles. The summed E-state index contributed by atoms with van der Waals surface area (Å²) < 4.78 is 35.4. The third-order valence-corrected chi connectivity index (χ3v) is 6.20. The number of methoxy groups -OCH3 is 1. The van der Waals surface area contributed by atoms with Crippen LogP contribution in [0.1, 0.15) is 59.6 Å². The molecular formula is C24H29N3O7S. The molecule has 10 nitrogen and oxygen atoms in total. The number of hydrogen-bond acceptors (Lipinski definition) is 8. The number of anilines is 1. The highest BCUT2D eigenvalue weighted by Crippen LogP contribution is 2.37. The van der Waals surface area contributed by atoms with Crippen LogP contribution in [0.15, 0.2) is 30.3 Å². The lowest BCUT2D eigenvalue weighted by Gasteiger charge is -2.26. The van der Waals surface area contributed by atoms with Crippen molar-refractivity contribution in [2.24, 2.45) is 5.92 Å². The number of benzene rings is 1. The predicted molar refractivity (Wildman–Crippen MR) is 129 cm³/mol. The summed E-state index contributed by atoms with van der Waals surface area (Å²) >= 11 is 0. The van der Waals surface area contributed by atoms with E-state index in [1.54, 1.807) is 19.1 Å². The molecule has 0 spiro atoms. The number of carbonyl (C=O) groups is 3. The van der Waals surface area contributed by atoms with Gasteiger partial charge in [0.2, 0.25) is 5.91 Å². The number of rotatable bonds is 10. The molecule has 1 aromatic heterocycles. The first-order valence-corrected chi connectivity index (χ1v) is 13.2. The Labute approximate surface area is 204 Å². The zero-order chi connectivity index (χ0) is 25.9. The Hall–Kier alpha value is -3.47. The minimum atomic E-state index is -3.65. The third kappa shape index (κ3) is 5.79. The Balaban J connectivity index is 2.07. The number of ether oxygens (including phenoxy) is 2. The second-order valence-corrected chi connectivity index (χ2v) is 10.8. The van der Waals surface area contributed by atoms with Gasteiger partial charge in [-0.05, 0) is 37.1 Å². The lowest BCUT2D eigenvalue weighted by atomic mass is 10.1. The summed E-state index contributed by atoms with van der Waals surface area (Å²) in [5, 5.41) is 2.70. The SMILES string of the molecule is CCOc1nc([C@H](CS(C)(=O)=O)N2C(=O)c3cccc(NC(=O)CC(C)C)c3C2=O)ccc1OC. The molecule has 0 saturated heterocycles. The number of nitrogens with one attached hydrogen (secondary N) is 1. The van der Waals surface area contributed by atoms with Crippen molar-refractivity contribution in [1.82, 2.24) is 9.88 Å². The molecule has 0 fully saturated rings. The van der Waals surface area contributed by atoms with Gasteiger partial charge in [-0.25, -0.2) is 13.4 Å². The smallest absolute Gasteiger partial charge is 0.264 e. The fourth-order valence-electron chi connectivity index (χ4n) is 3.86. The van der Waals surface area contributed by atoms with Crippen LogP contribution >= 0.6 is 0 Å². The van der Waals surface area contributed by atoms with Crippen molar-refractivity contribution >= 4 is 33.2 Å². The summed E-state index contributed by atoms with van der Waals surface area (Å²) in [4.78, 5) is 44.5. The van der Waals surface area contributed by atoms with Crippen LogP contribution in [0, 0.1) is 5.92 Å². The summed E-state index contributed by atoms with van der Waals surface area (Å²) in [5.74, 6) is -1.68. The molecule has 3 amide bonds. The van der Waals surface area contributed by atoms with Crippen LogP contribution in [0.5, 0.6) is 11.6 Å². The van der Waals surface area contributed by atoms with Crippen molar-refractivity contribution in [3.8, 4) is 11.6 Å². The number of sulfone groups is 1. The third-order valence-electron chi connectivity index (χ3n) is 5.28. The van der Waals surface area contributed by atoms with Crippen LogP contribution in [0.25, 0.3) is 0 Å². The summed E-state index contributed by atoms with van der Waals surface area (Å²) in [6, 6.07) is 6.38. The standard InChI is InChI=1S/C24H29N3O7S/c1-6-34-22-19(33-4)11-10-16(26-22)18(13-35(5,31)32)27-23(29)15-8-7-9-17(21(15)24(27)30)25-20(28)12-14(2)3/h7-11,14,18H,6,12-13H2,1-5H3,(H,25,28)/t18-/m0/s1. The number of nitrogens with zero attached hydrogens (tertiary/aromatic N) is 2. The molecule has 188 valence electrons. The first kappa shape index (κ1) is 26.1. The van der Waals surface area contributed by atoms with Crippen LogP contribution in [-0.2, 0) is 14.6 Å². The number of fused-ring (bicyclic) bond motifs is 1. The molecule has 2 heterocycles. The molecule has 35 heavy (non-hydrogen) atoms. The second-order valence-electron chi connectivity index (χ2n) is 8.64. The van der Waals surface area contributed by atoms with E-state index in [0.29, 0.717) is 5.75 Å². The molecular weight excluding hydrogens is 474 g/mol. The fourth-order valence-corrected chi connectivity index (χ4v) is 4.76. The average Bonchev–Trinajstić information content (AvgIpc) is 3.02. The summed E-state index contributed by atoms with van der Waals surface area (Å²) in [6.07, 6.45) is 1.25. The van der Waals surface area contributed by atoms with Gasteiger partial charge < -0.3 is 14.8 Å². The molecule has 0 bridgehead atoms. The lowest BCUT2D eigenvalue weighted by molar-refractivity contribution is -0.116. The van der Waals surface area contributed by atoms with E-state index in [9.17, 15) is 22.8 Å². The van der Waals surface area contributed by atoms with Crippen molar-refractivity contribution < 1.29 is 32.3 Å². The number of imide groups is 1. The Bertz CT molecular complexity index is 1260. The minimum Gasteiger partial charge on any atom is -0.491 e. The van der Waals surface area contributed by atoms with Gasteiger partial charge >= 0.3 is 0 Å². The van der Waals surface area contributed by atoms with Crippen LogP contribution in [-0.4, -0.2) is 61.7 Å². The van der Waals surface area contributed by atoms with Crippen molar-refractivity contribution in [1.29, 1.82) is 0 Å². The van der Waals surface area contributed by atoms with E-state index in [0.717, 1.165) is 11.2 Å². The summed E-state index contributed by atoms with van der Waals surface area (Å²) in [7, 11) is -2.22. The molecule has 3 rings (SSSR count). The van der Waals surface area contributed by atoms with Crippen LogP contribution in [0.2, 0.25) is 0 Å². The van der Waals surface area contributed by atoms with E-state index in [1.807, 2.05) is 13.8 Å². The second kappa shape index (κ2) is 10.4. The van der Waals surface area contributed by atoms with Gasteiger partial charge in [0.05, 0.1) is 48.0 Å². The molecule has 1 atom stereocenters. The molecule has 1 aliphatic heterocycles. The van der Waals surface area contributed by atoms with Crippen LogP contribution in [0.3, 0.4) is 0 Å². The van der Waals surface area contributed by atoms with Gasteiger partial charge in [0, 0.05) is 12.7 Å². The van der Waals surface area contributed by atoms with Gasteiger partial charge in [0.15, 0.2) is 5.75 Å².